The standard InChI is InChI=1S/C23H16N4O.ClH/c28-23-18(17-3-1-2-4-20(17)25-23)13-16-6-8-22-19(14-16)21(26-27-22)7-5-15-9-11-24-12-10-15;/h1-14,25,28H;1H/b7-5+,16-13?;. The highest BCUT2D eigenvalue weighted by Crippen LogP contribution is 2.27. The molecule has 0 saturated carbocycles. The van der Waals surface area contributed by atoms with Crippen molar-refractivity contribution >= 4 is 41.2 Å². The van der Waals surface area contributed by atoms with Gasteiger partial charge in [0.2, 0.25) is 0 Å². The monoisotopic (exact) mass is 400 g/mol. The van der Waals surface area contributed by atoms with Crippen molar-refractivity contribution in [3.05, 3.63) is 100 Å². The molecule has 0 atom stereocenters. The number of hydrogen-bond donors (Lipinski definition) is 2. The number of aromatic amines is 1. The number of aromatic hydroxyl groups is 1. The Morgan fingerprint density at radius 1 is 0.897 bits per heavy atom. The van der Waals surface area contributed by atoms with Crippen LogP contribution in [0.5, 0.6) is 5.88 Å². The predicted molar refractivity (Wildman–Crippen MR) is 118 cm³/mol. The van der Waals surface area contributed by atoms with E-state index in [1.165, 1.54) is 0 Å². The first-order valence-corrected chi connectivity index (χ1v) is 8.93. The van der Waals surface area contributed by atoms with Gasteiger partial charge >= 0.3 is 0 Å². The summed E-state index contributed by atoms with van der Waals surface area (Å²) in [7, 11) is 0. The maximum Gasteiger partial charge on any atom is 0.196 e. The summed E-state index contributed by atoms with van der Waals surface area (Å²) in [6, 6.07) is 17.7. The number of H-pyrrole nitrogens is 1. The Morgan fingerprint density at radius 2 is 1.72 bits per heavy atom. The maximum absolute atomic E-state index is 10.3. The first-order chi connectivity index (χ1) is 13.8. The molecule has 3 heterocycles. The second-order valence-electron chi connectivity index (χ2n) is 6.55. The van der Waals surface area contributed by atoms with Crippen LogP contribution in [0.4, 0.5) is 0 Å². The minimum absolute atomic E-state index is 0. The van der Waals surface area contributed by atoms with Crippen molar-refractivity contribution in [1.82, 2.24) is 9.97 Å². The van der Waals surface area contributed by atoms with Crippen LogP contribution in [0.2, 0.25) is 0 Å². The quantitative estimate of drug-likeness (QED) is 0.551. The zero-order valence-corrected chi connectivity index (χ0v) is 16.1. The van der Waals surface area contributed by atoms with Crippen LogP contribution in [-0.2, 0) is 0 Å². The van der Waals surface area contributed by atoms with E-state index in [1.807, 2.05) is 72.8 Å². The molecule has 1 aliphatic heterocycles. The van der Waals surface area contributed by atoms with E-state index in [2.05, 4.69) is 20.2 Å². The lowest BCUT2D eigenvalue weighted by molar-refractivity contribution is 0.457. The molecule has 0 amide bonds. The van der Waals surface area contributed by atoms with Crippen molar-refractivity contribution in [3.8, 4) is 5.88 Å². The Bertz CT molecular complexity index is 1370. The number of benzene rings is 2. The van der Waals surface area contributed by atoms with Gasteiger partial charge in [-0.3, -0.25) is 4.98 Å². The molecular weight excluding hydrogens is 384 g/mol. The van der Waals surface area contributed by atoms with Crippen LogP contribution in [0.25, 0.3) is 23.1 Å². The van der Waals surface area contributed by atoms with Crippen LogP contribution in [0.3, 0.4) is 0 Å². The molecule has 0 spiro atoms. The van der Waals surface area contributed by atoms with E-state index < -0.39 is 0 Å². The number of nitrogens with zero attached hydrogens (tertiary/aromatic N) is 3. The fraction of sp³-hybridized carbons (Fsp3) is 0. The number of hydrogen-bond acceptors (Lipinski definition) is 4. The topological polar surface area (TPSA) is 73.6 Å². The van der Waals surface area contributed by atoms with Gasteiger partial charge in [-0.1, -0.05) is 30.3 Å². The molecule has 142 valence electrons. The van der Waals surface area contributed by atoms with Crippen molar-refractivity contribution in [3.63, 3.8) is 0 Å². The Morgan fingerprint density at radius 3 is 2.59 bits per heavy atom. The summed E-state index contributed by atoms with van der Waals surface area (Å²) in [5, 5.41) is 21.7. The molecule has 2 N–H and O–H groups in total. The first kappa shape index (κ1) is 18.7. The molecule has 0 bridgehead atoms. The average molecular weight is 401 g/mol. The SMILES string of the molecule is Cl.Oc1[nH]c2ccccc2c1C=c1ccc2c(c1)C(/C=C/c1ccncc1)=NN=2. The van der Waals surface area contributed by atoms with E-state index in [9.17, 15) is 5.11 Å². The molecule has 2 aromatic heterocycles. The molecule has 5 nitrogen and oxygen atoms in total. The van der Waals surface area contributed by atoms with E-state index in [0.29, 0.717) is 0 Å². The third-order valence-electron chi connectivity index (χ3n) is 4.74. The van der Waals surface area contributed by atoms with Gasteiger partial charge in [-0.15, -0.1) is 22.6 Å². The predicted octanol–water partition coefficient (Wildman–Crippen LogP) is 3.57. The van der Waals surface area contributed by atoms with Crippen LogP contribution in [-0.4, -0.2) is 20.8 Å². The molecule has 2 aromatic carbocycles. The highest BCUT2D eigenvalue weighted by molar-refractivity contribution is 6.11. The lowest BCUT2D eigenvalue weighted by Crippen LogP contribution is -2.15. The largest absolute Gasteiger partial charge is 0.494 e. The molecule has 0 aliphatic carbocycles. The Labute approximate surface area is 172 Å². The maximum atomic E-state index is 10.3. The zero-order valence-electron chi connectivity index (χ0n) is 15.3. The van der Waals surface area contributed by atoms with Gasteiger partial charge in [0.25, 0.3) is 0 Å². The molecule has 0 radical (unpaired) electrons. The summed E-state index contributed by atoms with van der Waals surface area (Å²) >= 11 is 0. The molecule has 6 heteroatoms. The van der Waals surface area contributed by atoms with Gasteiger partial charge in [-0.25, -0.2) is 0 Å². The van der Waals surface area contributed by atoms with Gasteiger partial charge in [-0.05, 0) is 53.3 Å². The number of rotatable bonds is 3. The van der Waals surface area contributed by atoms with E-state index in [1.54, 1.807) is 12.4 Å². The van der Waals surface area contributed by atoms with Gasteiger partial charge in [0.15, 0.2) is 5.88 Å². The second kappa shape index (κ2) is 7.73. The summed E-state index contributed by atoms with van der Waals surface area (Å²) in [5.74, 6) is 0.165. The fourth-order valence-electron chi connectivity index (χ4n) is 3.33. The van der Waals surface area contributed by atoms with Gasteiger partial charge < -0.3 is 10.1 Å². The summed E-state index contributed by atoms with van der Waals surface area (Å²) < 4.78 is 0. The fourth-order valence-corrected chi connectivity index (χ4v) is 3.33. The lowest BCUT2D eigenvalue weighted by atomic mass is 10.1. The molecule has 0 unspecified atom stereocenters. The zero-order chi connectivity index (χ0) is 18.9. The van der Waals surface area contributed by atoms with Crippen molar-refractivity contribution in [2.45, 2.75) is 0 Å². The number of para-hydroxylation sites is 1. The molecule has 5 rings (SSSR count). The Hall–Kier alpha value is -3.70. The summed E-state index contributed by atoms with van der Waals surface area (Å²) in [6.45, 7) is 0. The van der Waals surface area contributed by atoms with E-state index in [0.717, 1.165) is 43.9 Å². The highest BCUT2D eigenvalue weighted by Gasteiger charge is 2.10. The van der Waals surface area contributed by atoms with Crippen molar-refractivity contribution < 1.29 is 5.11 Å². The average Bonchev–Trinajstić information content (AvgIpc) is 3.28. The minimum atomic E-state index is 0. The van der Waals surface area contributed by atoms with Gasteiger partial charge in [0.05, 0.1) is 11.1 Å². The number of pyridine rings is 1. The number of nitrogens with one attached hydrogen (secondary N) is 1. The Balaban J connectivity index is 0.00000205. The second-order valence-corrected chi connectivity index (χ2v) is 6.55. The molecule has 0 saturated heterocycles. The van der Waals surface area contributed by atoms with Gasteiger partial charge in [0, 0.05) is 34.4 Å². The number of halogens is 1. The van der Waals surface area contributed by atoms with Gasteiger partial charge in [0.1, 0.15) is 0 Å². The number of fused-ring (bicyclic) bond motifs is 2. The van der Waals surface area contributed by atoms with Gasteiger partial charge in [-0.2, -0.15) is 0 Å². The highest BCUT2D eigenvalue weighted by atomic mass is 35.5. The number of aromatic nitrogens is 2. The molecule has 29 heavy (non-hydrogen) atoms. The summed E-state index contributed by atoms with van der Waals surface area (Å²) in [6.07, 6.45) is 9.44. The van der Waals surface area contributed by atoms with Crippen molar-refractivity contribution in [2.24, 2.45) is 10.2 Å². The van der Waals surface area contributed by atoms with Crippen molar-refractivity contribution in [2.75, 3.05) is 0 Å². The lowest BCUT2D eigenvalue weighted by Gasteiger charge is -1.97. The van der Waals surface area contributed by atoms with Crippen molar-refractivity contribution in [1.29, 1.82) is 0 Å². The number of allylic oxidation sites excluding steroid dienone is 1. The molecule has 4 aromatic rings. The van der Waals surface area contributed by atoms with Crippen LogP contribution in [0.15, 0.2) is 83.3 Å². The van der Waals surface area contributed by atoms with E-state index in [-0.39, 0.29) is 18.3 Å². The van der Waals surface area contributed by atoms with Crippen LogP contribution in [0, 0.1) is 0 Å². The first-order valence-electron chi connectivity index (χ1n) is 8.93. The molecular formula is C23H17ClN4O. The normalized spacial score (nSPS) is 13.2. The van der Waals surface area contributed by atoms with Crippen LogP contribution < -0.4 is 10.6 Å². The summed E-state index contributed by atoms with van der Waals surface area (Å²) in [4.78, 5) is 7.04. The van der Waals surface area contributed by atoms with Crippen LogP contribution in [0.1, 0.15) is 16.7 Å². The minimum Gasteiger partial charge on any atom is -0.494 e. The van der Waals surface area contributed by atoms with E-state index in [4.69, 9.17) is 0 Å². The third kappa shape index (κ3) is 3.56. The summed E-state index contributed by atoms with van der Waals surface area (Å²) in [5.41, 5.74) is 4.52. The Kier molecular flexibility index (Phi) is 4.97. The smallest absolute Gasteiger partial charge is 0.196 e. The third-order valence-corrected chi connectivity index (χ3v) is 4.74. The van der Waals surface area contributed by atoms with Crippen LogP contribution >= 0.6 is 12.4 Å². The molecule has 0 fully saturated rings. The molecule has 1 aliphatic rings. The van der Waals surface area contributed by atoms with E-state index >= 15 is 0 Å².